The Morgan fingerprint density at radius 1 is 1.60 bits per heavy atom. The van der Waals surface area contributed by atoms with Gasteiger partial charge in [0.05, 0.1) is 19.6 Å². The van der Waals surface area contributed by atoms with Gasteiger partial charge in [0.25, 0.3) is 0 Å². The van der Waals surface area contributed by atoms with Crippen LogP contribution in [0.4, 0.5) is 0 Å². The van der Waals surface area contributed by atoms with Crippen molar-refractivity contribution in [3.05, 3.63) is 12.7 Å². The van der Waals surface area contributed by atoms with Crippen LogP contribution in [0, 0.1) is 5.92 Å². The summed E-state index contributed by atoms with van der Waals surface area (Å²) in [6.07, 6.45) is 1.76. The van der Waals surface area contributed by atoms with Crippen molar-refractivity contribution in [3.8, 4) is 0 Å². The molecule has 0 bridgehead atoms. The lowest BCUT2D eigenvalue weighted by Crippen LogP contribution is -2.42. The molecule has 0 heterocycles. The first-order valence-corrected chi connectivity index (χ1v) is 5.12. The number of esters is 1. The quantitative estimate of drug-likeness (QED) is 0.501. The van der Waals surface area contributed by atoms with Crippen LogP contribution in [-0.4, -0.2) is 48.8 Å². The maximum atomic E-state index is 11.3. The summed E-state index contributed by atoms with van der Waals surface area (Å²) in [5.41, 5.74) is 0. The number of ether oxygens (including phenoxy) is 1. The Balaban J connectivity index is 4.39. The molecule has 0 aliphatic rings. The van der Waals surface area contributed by atoms with Gasteiger partial charge in [0.1, 0.15) is 0 Å². The van der Waals surface area contributed by atoms with Crippen LogP contribution in [-0.2, 0) is 9.53 Å². The third-order valence-electron chi connectivity index (χ3n) is 2.62. The minimum absolute atomic E-state index is 0.0302. The molecule has 0 saturated heterocycles. The van der Waals surface area contributed by atoms with E-state index in [1.807, 2.05) is 18.7 Å². The summed E-state index contributed by atoms with van der Waals surface area (Å²) in [4.78, 5) is 13.3. The second-order valence-electron chi connectivity index (χ2n) is 3.56. The zero-order chi connectivity index (χ0) is 11.8. The van der Waals surface area contributed by atoms with Gasteiger partial charge in [0.15, 0.2) is 0 Å². The Labute approximate surface area is 91.5 Å². The lowest BCUT2D eigenvalue weighted by atomic mass is 10.0. The van der Waals surface area contributed by atoms with E-state index in [1.165, 1.54) is 7.11 Å². The monoisotopic (exact) mass is 215 g/mol. The molecule has 0 radical (unpaired) electrons. The molecule has 15 heavy (non-hydrogen) atoms. The lowest BCUT2D eigenvalue weighted by molar-refractivity contribution is -0.147. The summed E-state index contributed by atoms with van der Waals surface area (Å²) in [5.74, 6) is -0.434. The van der Waals surface area contributed by atoms with E-state index in [2.05, 4.69) is 11.3 Å². The Kier molecular flexibility index (Phi) is 6.99. The number of hydrogen-bond acceptors (Lipinski definition) is 4. The van der Waals surface area contributed by atoms with E-state index in [0.717, 1.165) is 0 Å². The third kappa shape index (κ3) is 4.44. The van der Waals surface area contributed by atoms with Crippen molar-refractivity contribution < 1.29 is 14.6 Å². The Hall–Kier alpha value is -0.870. The summed E-state index contributed by atoms with van der Waals surface area (Å²) in [5, 5.41) is 8.90. The van der Waals surface area contributed by atoms with E-state index in [9.17, 15) is 4.79 Å². The second kappa shape index (κ2) is 7.43. The van der Waals surface area contributed by atoms with Crippen molar-refractivity contribution in [2.45, 2.75) is 19.9 Å². The molecule has 0 amide bonds. The van der Waals surface area contributed by atoms with E-state index in [1.54, 1.807) is 6.08 Å². The summed E-state index contributed by atoms with van der Waals surface area (Å²) in [7, 11) is 1.38. The molecule has 0 aromatic heterocycles. The van der Waals surface area contributed by atoms with Crippen LogP contribution >= 0.6 is 0 Å². The number of methoxy groups -OCH3 is 1. The molecule has 0 aromatic carbocycles. The fourth-order valence-electron chi connectivity index (χ4n) is 1.45. The van der Waals surface area contributed by atoms with Gasteiger partial charge in [0, 0.05) is 19.1 Å². The molecule has 2 unspecified atom stereocenters. The Morgan fingerprint density at radius 3 is 2.60 bits per heavy atom. The molecule has 0 aromatic rings. The first kappa shape index (κ1) is 14.1. The summed E-state index contributed by atoms with van der Waals surface area (Å²) >= 11 is 0. The number of carbonyl (C=O) groups is 1. The molecular formula is C11H21NO3. The van der Waals surface area contributed by atoms with E-state index in [0.29, 0.717) is 13.1 Å². The van der Waals surface area contributed by atoms with Crippen LogP contribution < -0.4 is 0 Å². The molecule has 0 saturated carbocycles. The first-order chi connectivity index (χ1) is 7.08. The summed E-state index contributed by atoms with van der Waals surface area (Å²) in [6, 6.07) is 0.0302. The van der Waals surface area contributed by atoms with Crippen LogP contribution in [0.15, 0.2) is 12.7 Å². The van der Waals surface area contributed by atoms with Gasteiger partial charge in [-0.1, -0.05) is 13.0 Å². The van der Waals surface area contributed by atoms with Gasteiger partial charge in [-0.05, 0) is 6.92 Å². The molecule has 88 valence electrons. The van der Waals surface area contributed by atoms with E-state index >= 15 is 0 Å². The standard InChI is InChI=1S/C11H21NO3/c1-5-6-12(7-8-13)10(3)9(2)11(14)15-4/h5,9-10,13H,1,6-8H2,2-4H3. The van der Waals surface area contributed by atoms with Crippen LogP contribution in [0.25, 0.3) is 0 Å². The SMILES string of the molecule is C=CCN(CCO)C(C)C(C)C(=O)OC. The number of carbonyl (C=O) groups excluding carboxylic acids is 1. The molecular weight excluding hydrogens is 194 g/mol. The normalized spacial score (nSPS) is 14.7. The molecule has 0 aliphatic carbocycles. The highest BCUT2D eigenvalue weighted by atomic mass is 16.5. The fourth-order valence-corrected chi connectivity index (χ4v) is 1.45. The van der Waals surface area contributed by atoms with Crippen molar-refractivity contribution in [1.82, 2.24) is 4.90 Å². The van der Waals surface area contributed by atoms with Crippen molar-refractivity contribution in [1.29, 1.82) is 0 Å². The van der Waals surface area contributed by atoms with Gasteiger partial charge in [0.2, 0.25) is 0 Å². The molecule has 2 atom stereocenters. The molecule has 0 rings (SSSR count). The van der Waals surface area contributed by atoms with Crippen LogP contribution in [0.5, 0.6) is 0 Å². The van der Waals surface area contributed by atoms with Gasteiger partial charge in [-0.2, -0.15) is 0 Å². The van der Waals surface area contributed by atoms with Gasteiger partial charge in [-0.25, -0.2) is 0 Å². The zero-order valence-electron chi connectivity index (χ0n) is 9.77. The maximum Gasteiger partial charge on any atom is 0.309 e. The van der Waals surface area contributed by atoms with Crippen molar-refractivity contribution in [3.63, 3.8) is 0 Å². The van der Waals surface area contributed by atoms with Gasteiger partial charge in [-0.15, -0.1) is 6.58 Å². The largest absolute Gasteiger partial charge is 0.469 e. The second-order valence-corrected chi connectivity index (χ2v) is 3.56. The fraction of sp³-hybridized carbons (Fsp3) is 0.727. The first-order valence-electron chi connectivity index (χ1n) is 5.12. The van der Waals surface area contributed by atoms with Crippen LogP contribution in [0.2, 0.25) is 0 Å². The highest BCUT2D eigenvalue weighted by Crippen LogP contribution is 2.12. The lowest BCUT2D eigenvalue weighted by Gasteiger charge is -2.30. The third-order valence-corrected chi connectivity index (χ3v) is 2.62. The highest BCUT2D eigenvalue weighted by Gasteiger charge is 2.25. The van der Waals surface area contributed by atoms with Gasteiger partial charge in [-0.3, -0.25) is 9.69 Å². The highest BCUT2D eigenvalue weighted by molar-refractivity contribution is 5.72. The number of rotatable bonds is 7. The number of aliphatic hydroxyl groups excluding tert-OH is 1. The van der Waals surface area contributed by atoms with Crippen LogP contribution in [0.3, 0.4) is 0 Å². The number of nitrogens with zero attached hydrogens (tertiary/aromatic N) is 1. The molecule has 0 spiro atoms. The zero-order valence-corrected chi connectivity index (χ0v) is 9.77. The topological polar surface area (TPSA) is 49.8 Å². The smallest absolute Gasteiger partial charge is 0.309 e. The Morgan fingerprint density at radius 2 is 2.20 bits per heavy atom. The van der Waals surface area contributed by atoms with E-state index in [-0.39, 0.29) is 24.5 Å². The Bertz CT molecular complexity index is 206. The molecule has 4 heteroatoms. The minimum atomic E-state index is -0.227. The molecule has 0 aliphatic heterocycles. The average molecular weight is 215 g/mol. The molecule has 4 nitrogen and oxygen atoms in total. The summed E-state index contributed by atoms with van der Waals surface area (Å²) < 4.78 is 4.69. The van der Waals surface area contributed by atoms with Crippen LogP contribution in [0.1, 0.15) is 13.8 Å². The van der Waals surface area contributed by atoms with Gasteiger partial charge < -0.3 is 9.84 Å². The van der Waals surface area contributed by atoms with Crippen molar-refractivity contribution in [2.75, 3.05) is 26.8 Å². The predicted molar refractivity (Wildman–Crippen MR) is 59.5 cm³/mol. The minimum Gasteiger partial charge on any atom is -0.469 e. The number of aliphatic hydroxyl groups is 1. The van der Waals surface area contributed by atoms with Crippen molar-refractivity contribution in [2.24, 2.45) is 5.92 Å². The maximum absolute atomic E-state index is 11.3. The van der Waals surface area contributed by atoms with Gasteiger partial charge >= 0.3 is 5.97 Å². The molecule has 1 N–H and O–H groups in total. The number of hydrogen-bond donors (Lipinski definition) is 1. The molecule has 0 fully saturated rings. The summed E-state index contributed by atoms with van der Waals surface area (Å²) in [6.45, 7) is 8.69. The van der Waals surface area contributed by atoms with E-state index in [4.69, 9.17) is 5.11 Å². The average Bonchev–Trinajstić information content (AvgIpc) is 2.25. The predicted octanol–water partition coefficient (Wildman–Crippen LogP) is 0.664. The van der Waals surface area contributed by atoms with Crippen molar-refractivity contribution >= 4 is 5.97 Å². The van der Waals surface area contributed by atoms with E-state index < -0.39 is 0 Å².